The molecule has 80 valence electrons. The summed E-state index contributed by atoms with van der Waals surface area (Å²) in [6.07, 6.45) is 7.60. The number of nitrogens with zero attached hydrogens (tertiary/aromatic N) is 2. The third-order valence-corrected chi connectivity index (χ3v) is 3.52. The Balaban J connectivity index is 2.20. The van der Waals surface area contributed by atoms with Gasteiger partial charge in [-0.25, -0.2) is 0 Å². The molecule has 1 aliphatic carbocycles. The summed E-state index contributed by atoms with van der Waals surface area (Å²) in [5, 5.41) is 3.88. The average Bonchev–Trinajstić information content (AvgIpc) is 2.53. The molecule has 0 aromatic carbocycles. The molecular formula is C11H14N2OS. The SMILES string of the molecule is Cc1nnsc1C(=O)C1=CCCCCC1. The predicted octanol–water partition coefficient (Wildman–Crippen LogP) is 2.92. The van der Waals surface area contributed by atoms with Gasteiger partial charge in [-0.3, -0.25) is 4.79 Å². The van der Waals surface area contributed by atoms with Crippen molar-refractivity contribution in [3.63, 3.8) is 0 Å². The molecule has 0 radical (unpaired) electrons. The van der Waals surface area contributed by atoms with E-state index in [0.29, 0.717) is 4.88 Å². The Morgan fingerprint density at radius 3 is 3.00 bits per heavy atom. The standard InChI is InChI=1S/C11H14N2OS/c1-8-11(15-13-12-8)10(14)9-6-4-2-3-5-7-9/h6H,2-5,7H2,1H3. The highest BCUT2D eigenvalue weighted by Crippen LogP contribution is 2.23. The molecule has 2 rings (SSSR count). The molecule has 1 heterocycles. The molecule has 0 saturated heterocycles. The maximum absolute atomic E-state index is 12.1. The summed E-state index contributed by atoms with van der Waals surface area (Å²) in [6.45, 7) is 1.84. The zero-order chi connectivity index (χ0) is 10.7. The van der Waals surface area contributed by atoms with Gasteiger partial charge in [-0.1, -0.05) is 17.0 Å². The molecule has 0 amide bonds. The summed E-state index contributed by atoms with van der Waals surface area (Å²) in [5.41, 5.74) is 1.72. The second kappa shape index (κ2) is 4.66. The Hall–Kier alpha value is -1.03. The van der Waals surface area contributed by atoms with Crippen LogP contribution < -0.4 is 0 Å². The first-order valence-electron chi connectivity index (χ1n) is 5.31. The number of aryl methyl sites for hydroxylation is 1. The summed E-state index contributed by atoms with van der Waals surface area (Å²) in [5.74, 6) is 0.143. The highest BCUT2D eigenvalue weighted by molar-refractivity contribution is 7.08. The average molecular weight is 222 g/mol. The number of carbonyl (C=O) groups excluding carboxylic acids is 1. The first-order valence-corrected chi connectivity index (χ1v) is 6.09. The Morgan fingerprint density at radius 1 is 1.40 bits per heavy atom. The Morgan fingerprint density at radius 2 is 2.27 bits per heavy atom. The molecule has 3 nitrogen and oxygen atoms in total. The monoisotopic (exact) mass is 222 g/mol. The topological polar surface area (TPSA) is 42.9 Å². The quantitative estimate of drug-likeness (QED) is 0.722. The number of allylic oxidation sites excluding steroid dienone is 2. The van der Waals surface area contributed by atoms with E-state index in [-0.39, 0.29) is 5.78 Å². The minimum Gasteiger partial charge on any atom is -0.288 e. The van der Waals surface area contributed by atoms with Crippen LogP contribution in [0.4, 0.5) is 0 Å². The van der Waals surface area contributed by atoms with Gasteiger partial charge in [-0.2, -0.15) is 0 Å². The van der Waals surface area contributed by atoms with Crippen LogP contribution in [0.3, 0.4) is 0 Å². The van der Waals surface area contributed by atoms with E-state index in [1.54, 1.807) is 0 Å². The minimum absolute atomic E-state index is 0.143. The molecule has 0 N–H and O–H groups in total. The molecule has 4 heteroatoms. The van der Waals surface area contributed by atoms with Crippen LogP contribution in [-0.4, -0.2) is 15.4 Å². The van der Waals surface area contributed by atoms with E-state index < -0.39 is 0 Å². The fraction of sp³-hybridized carbons (Fsp3) is 0.545. The highest BCUT2D eigenvalue weighted by atomic mass is 32.1. The van der Waals surface area contributed by atoms with Gasteiger partial charge in [-0.05, 0) is 49.7 Å². The summed E-state index contributed by atoms with van der Waals surface area (Å²) >= 11 is 1.21. The normalized spacial score (nSPS) is 17.0. The minimum atomic E-state index is 0.143. The molecule has 0 spiro atoms. The molecule has 0 fully saturated rings. The van der Waals surface area contributed by atoms with Gasteiger partial charge in [0.2, 0.25) is 5.78 Å². The Kier molecular flexibility index (Phi) is 3.26. The van der Waals surface area contributed by atoms with Gasteiger partial charge in [0, 0.05) is 0 Å². The molecule has 1 aromatic heterocycles. The van der Waals surface area contributed by atoms with E-state index in [2.05, 4.69) is 15.7 Å². The van der Waals surface area contributed by atoms with Crippen molar-refractivity contribution in [2.75, 3.05) is 0 Å². The lowest BCUT2D eigenvalue weighted by atomic mass is 10.0. The number of hydrogen-bond donors (Lipinski definition) is 0. The predicted molar refractivity (Wildman–Crippen MR) is 60.1 cm³/mol. The number of hydrogen-bond acceptors (Lipinski definition) is 4. The van der Waals surface area contributed by atoms with Gasteiger partial charge in [0.1, 0.15) is 4.88 Å². The van der Waals surface area contributed by atoms with Crippen molar-refractivity contribution in [1.82, 2.24) is 9.59 Å². The van der Waals surface area contributed by atoms with Gasteiger partial charge in [0.15, 0.2) is 0 Å². The van der Waals surface area contributed by atoms with E-state index >= 15 is 0 Å². The van der Waals surface area contributed by atoms with Crippen LogP contribution >= 0.6 is 11.5 Å². The van der Waals surface area contributed by atoms with Crippen LogP contribution in [0, 0.1) is 6.92 Å². The van der Waals surface area contributed by atoms with Crippen molar-refractivity contribution in [2.45, 2.75) is 39.0 Å². The molecular weight excluding hydrogens is 208 g/mol. The van der Waals surface area contributed by atoms with Gasteiger partial charge in [0.25, 0.3) is 0 Å². The van der Waals surface area contributed by atoms with Crippen LogP contribution in [0.25, 0.3) is 0 Å². The molecule has 1 aromatic rings. The lowest BCUT2D eigenvalue weighted by molar-refractivity contribution is 0.103. The number of rotatable bonds is 2. The van der Waals surface area contributed by atoms with Gasteiger partial charge >= 0.3 is 0 Å². The van der Waals surface area contributed by atoms with E-state index in [1.165, 1.54) is 24.4 Å². The fourth-order valence-electron chi connectivity index (χ4n) is 1.81. The van der Waals surface area contributed by atoms with Crippen molar-refractivity contribution in [1.29, 1.82) is 0 Å². The van der Waals surface area contributed by atoms with E-state index in [1.807, 2.05) is 6.92 Å². The van der Waals surface area contributed by atoms with Crippen molar-refractivity contribution in [2.24, 2.45) is 0 Å². The smallest absolute Gasteiger partial charge is 0.202 e. The summed E-state index contributed by atoms with van der Waals surface area (Å²) in [4.78, 5) is 12.8. The molecule has 0 atom stereocenters. The highest BCUT2D eigenvalue weighted by Gasteiger charge is 2.18. The molecule has 0 aliphatic heterocycles. The number of Topliss-reactive ketones (excluding diaryl/α,β-unsaturated/α-hetero) is 1. The van der Waals surface area contributed by atoms with Crippen molar-refractivity contribution < 1.29 is 4.79 Å². The largest absolute Gasteiger partial charge is 0.288 e. The zero-order valence-electron chi connectivity index (χ0n) is 8.82. The van der Waals surface area contributed by atoms with Crippen LogP contribution in [-0.2, 0) is 0 Å². The Labute approximate surface area is 93.4 Å². The van der Waals surface area contributed by atoms with E-state index in [4.69, 9.17) is 0 Å². The second-order valence-corrected chi connectivity index (χ2v) is 4.60. The first kappa shape index (κ1) is 10.5. The van der Waals surface area contributed by atoms with Crippen LogP contribution in [0.15, 0.2) is 11.6 Å². The summed E-state index contributed by atoms with van der Waals surface area (Å²) in [7, 11) is 0. The molecule has 1 aliphatic rings. The maximum Gasteiger partial charge on any atom is 0.202 e. The molecule has 0 unspecified atom stereocenters. The van der Waals surface area contributed by atoms with E-state index in [9.17, 15) is 4.79 Å². The van der Waals surface area contributed by atoms with Gasteiger partial charge in [0.05, 0.1) is 5.69 Å². The van der Waals surface area contributed by atoms with E-state index in [0.717, 1.165) is 30.5 Å². The maximum atomic E-state index is 12.1. The summed E-state index contributed by atoms with van der Waals surface area (Å²) < 4.78 is 3.80. The van der Waals surface area contributed by atoms with Crippen molar-refractivity contribution >= 4 is 17.3 Å². The third-order valence-electron chi connectivity index (χ3n) is 2.69. The molecule has 0 bridgehead atoms. The van der Waals surface area contributed by atoms with Gasteiger partial charge in [-0.15, -0.1) is 5.10 Å². The van der Waals surface area contributed by atoms with Crippen molar-refractivity contribution in [3.8, 4) is 0 Å². The van der Waals surface area contributed by atoms with Crippen LogP contribution in [0.1, 0.15) is 47.5 Å². The number of aromatic nitrogens is 2. The fourth-order valence-corrected chi connectivity index (χ4v) is 2.44. The second-order valence-electron chi connectivity index (χ2n) is 3.85. The zero-order valence-corrected chi connectivity index (χ0v) is 9.64. The molecule has 0 saturated carbocycles. The number of ketones is 1. The Bertz CT molecular complexity index is 395. The number of carbonyl (C=O) groups is 1. The first-order chi connectivity index (χ1) is 7.29. The third kappa shape index (κ3) is 2.31. The van der Waals surface area contributed by atoms with Gasteiger partial charge < -0.3 is 0 Å². The van der Waals surface area contributed by atoms with Crippen LogP contribution in [0.2, 0.25) is 0 Å². The van der Waals surface area contributed by atoms with Crippen LogP contribution in [0.5, 0.6) is 0 Å². The van der Waals surface area contributed by atoms with Crippen molar-refractivity contribution in [3.05, 3.63) is 22.2 Å². The summed E-state index contributed by atoms with van der Waals surface area (Å²) in [6, 6.07) is 0. The lowest BCUT2D eigenvalue weighted by Crippen LogP contribution is -2.02. The lowest BCUT2D eigenvalue weighted by Gasteiger charge is -2.01. The molecule has 15 heavy (non-hydrogen) atoms.